The molecule has 1 aromatic heterocycles. The first-order valence-electron chi connectivity index (χ1n) is 6.27. The Morgan fingerprint density at radius 1 is 1.42 bits per heavy atom. The number of hydrogen-bond donors (Lipinski definition) is 1. The molecule has 0 radical (unpaired) electrons. The largest absolute Gasteiger partial charge is 0.383 e. The lowest BCUT2D eigenvalue weighted by Gasteiger charge is -2.08. The first kappa shape index (κ1) is 14.4. The number of nitrogen functional groups attached to an aromatic ring is 1. The van der Waals surface area contributed by atoms with Crippen molar-refractivity contribution in [1.82, 2.24) is 9.55 Å². The molecule has 0 saturated carbocycles. The Labute approximate surface area is 126 Å². The number of anilines is 1. The van der Waals surface area contributed by atoms with Crippen LogP contribution in [-0.4, -0.2) is 9.55 Å². The zero-order valence-corrected chi connectivity index (χ0v) is 13.6. The topological polar surface area (TPSA) is 43.8 Å². The second kappa shape index (κ2) is 5.55. The molecule has 102 valence electrons. The molecule has 0 spiro atoms. The van der Waals surface area contributed by atoms with Crippen molar-refractivity contribution < 1.29 is 0 Å². The van der Waals surface area contributed by atoms with Crippen molar-refractivity contribution in [2.24, 2.45) is 0 Å². The molecule has 1 heterocycles. The fourth-order valence-electron chi connectivity index (χ4n) is 2.14. The van der Waals surface area contributed by atoms with Gasteiger partial charge in [0.1, 0.15) is 17.3 Å². The van der Waals surface area contributed by atoms with Gasteiger partial charge < -0.3 is 10.3 Å². The monoisotopic (exact) mass is 341 g/mol. The predicted molar refractivity (Wildman–Crippen MR) is 84.5 cm³/mol. The van der Waals surface area contributed by atoms with E-state index in [9.17, 15) is 0 Å². The Kier molecular flexibility index (Phi) is 4.21. The van der Waals surface area contributed by atoms with E-state index in [1.807, 2.05) is 22.8 Å². The number of nitrogens with two attached hydrogens (primary N) is 1. The van der Waals surface area contributed by atoms with Crippen LogP contribution in [0, 0.1) is 0 Å². The molecule has 0 aliphatic heterocycles. The standard InChI is InChI=1S/C14H17BrClN3/c1-4-19-13(17)12(18-14(19)8(2)3)10-6-5-9(15)7-11(10)16/h5-8H,4,17H2,1-3H3. The summed E-state index contributed by atoms with van der Waals surface area (Å²) in [6, 6.07) is 5.74. The first-order valence-corrected chi connectivity index (χ1v) is 7.44. The van der Waals surface area contributed by atoms with Crippen LogP contribution in [0.5, 0.6) is 0 Å². The number of nitrogens with zero attached hydrogens (tertiary/aromatic N) is 2. The first-order chi connectivity index (χ1) is 8.95. The van der Waals surface area contributed by atoms with Crippen molar-refractivity contribution in [2.45, 2.75) is 33.2 Å². The van der Waals surface area contributed by atoms with Crippen molar-refractivity contribution in [2.75, 3.05) is 5.73 Å². The number of halogens is 2. The molecule has 0 atom stereocenters. The van der Waals surface area contributed by atoms with Gasteiger partial charge in [-0.2, -0.15) is 0 Å². The van der Waals surface area contributed by atoms with Crippen molar-refractivity contribution in [3.8, 4) is 11.3 Å². The fraction of sp³-hybridized carbons (Fsp3) is 0.357. The Bertz CT molecular complexity index is 605. The lowest BCUT2D eigenvalue weighted by molar-refractivity contribution is 0.658. The molecule has 0 saturated heterocycles. The molecular formula is C14H17BrClN3. The van der Waals surface area contributed by atoms with Crippen molar-refractivity contribution in [3.63, 3.8) is 0 Å². The second-order valence-corrected chi connectivity index (χ2v) is 6.05. The third kappa shape index (κ3) is 2.65. The molecule has 3 nitrogen and oxygen atoms in total. The SMILES string of the molecule is CCn1c(C(C)C)nc(-c2ccc(Br)cc2Cl)c1N. The Hall–Kier alpha value is -1.00. The minimum Gasteiger partial charge on any atom is -0.383 e. The number of imidazole rings is 1. The van der Waals surface area contributed by atoms with Gasteiger partial charge in [0, 0.05) is 22.5 Å². The summed E-state index contributed by atoms with van der Waals surface area (Å²) in [5.41, 5.74) is 7.86. The van der Waals surface area contributed by atoms with E-state index in [2.05, 4.69) is 41.7 Å². The third-order valence-corrected chi connectivity index (χ3v) is 3.86. The highest BCUT2D eigenvalue weighted by Gasteiger charge is 2.18. The lowest BCUT2D eigenvalue weighted by atomic mass is 10.1. The lowest BCUT2D eigenvalue weighted by Crippen LogP contribution is -2.06. The van der Waals surface area contributed by atoms with E-state index in [1.165, 1.54) is 0 Å². The summed E-state index contributed by atoms with van der Waals surface area (Å²) in [7, 11) is 0. The van der Waals surface area contributed by atoms with Crippen LogP contribution < -0.4 is 5.73 Å². The molecule has 2 N–H and O–H groups in total. The van der Waals surface area contributed by atoms with Gasteiger partial charge >= 0.3 is 0 Å². The second-order valence-electron chi connectivity index (χ2n) is 4.73. The van der Waals surface area contributed by atoms with Gasteiger partial charge in [-0.1, -0.05) is 47.4 Å². The molecule has 0 bridgehead atoms. The molecule has 19 heavy (non-hydrogen) atoms. The van der Waals surface area contributed by atoms with Crippen LogP contribution >= 0.6 is 27.5 Å². The maximum Gasteiger partial charge on any atom is 0.131 e. The summed E-state index contributed by atoms with van der Waals surface area (Å²) in [4.78, 5) is 4.68. The van der Waals surface area contributed by atoms with Crippen LogP contribution in [-0.2, 0) is 6.54 Å². The van der Waals surface area contributed by atoms with Crippen LogP contribution in [0.2, 0.25) is 5.02 Å². The predicted octanol–water partition coefficient (Wildman–Crippen LogP) is 4.69. The summed E-state index contributed by atoms with van der Waals surface area (Å²) in [6.07, 6.45) is 0. The average Bonchev–Trinajstić information content (AvgIpc) is 2.66. The normalized spacial score (nSPS) is 11.3. The van der Waals surface area contributed by atoms with E-state index in [-0.39, 0.29) is 0 Å². The molecule has 0 amide bonds. The quantitative estimate of drug-likeness (QED) is 0.879. The summed E-state index contributed by atoms with van der Waals surface area (Å²) < 4.78 is 2.98. The van der Waals surface area contributed by atoms with Crippen LogP contribution in [0.15, 0.2) is 22.7 Å². The zero-order valence-electron chi connectivity index (χ0n) is 11.2. The summed E-state index contributed by atoms with van der Waals surface area (Å²) in [6.45, 7) is 7.10. The third-order valence-electron chi connectivity index (χ3n) is 3.06. The molecule has 0 unspecified atom stereocenters. The highest BCUT2D eigenvalue weighted by molar-refractivity contribution is 9.10. The molecule has 0 fully saturated rings. The Morgan fingerprint density at radius 3 is 2.58 bits per heavy atom. The number of rotatable bonds is 3. The Morgan fingerprint density at radius 2 is 2.11 bits per heavy atom. The van der Waals surface area contributed by atoms with Crippen molar-refractivity contribution in [1.29, 1.82) is 0 Å². The van der Waals surface area contributed by atoms with E-state index >= 15 is 0 Å². The van der Waals surface area contributed by atoms with E-state index in [4.69, 9.17) is 17.3 Å². The highest BCUT2D eigenvalue weighted by Crippen LogP contribution is 2.35. The van der Waals surface area contributed by atoms with Gasteiger partial charge in [0.15, 0.2) is 0 Å². The highest BCUT2D eigenvalue weighted by atomic mass is 79.9. The zero-order chi connectivity index (χ0) is 14.2. The maximum atomic E-state index is 6.29. The molecule has 2 rings (SSSR count). The van der Waals surface area contributed by atoms with Gasteiger partial charge in [0.2, 0.25) is 0 Å². The number of aromatic nitrogens is 2. The van der Waals surface area contributed by atoms with Crippen LogP contribution in [0.4, 0.5) is 5.82 Å². The summed E-state index contributed by atoms with van der Waals surface area (Å²) in [5, 5.41) is 0.650. The van der Waals surface area contributed by atoms with Gasteiger partial charge in [-0.05, 0) is 19.1 Å². The molecular weight excluding hydrogens is 326 g/mol. The van der Waals surface area contributed by atoms with Crippen molar-refractivity contribution >= 4 is 33.3 Å². The van der Waals surface area contributed by atoms with E-state index < -0.39 is 0 Å². The van der Waals surface area contributed by atoms with Crippen LogP contribution in [0.25, 0.3) is 11.3 Å². The molecule has 0 aliphatic rings. The van der Waals surface area contributed by atoms with Gasteiger partial charge in [0.05, 0.1) is 5.02 Å². The van der Waals surface area contributed by atoms with Crippen LogP contribution in [0.1, 0.15) is 32.5 Å². The molecule has 1 aromatic carbocycles. The smallest absolute Gasteiger partial charge is 0.131 e. The fourth-order valence-corrected chi connectivity index (χ4v) is 2.90. The molecule has 0 aliphatic carbocycles. The van der Waals surface area contributed by atoms with Gasteiger partial charge in [-0.15, -0.1) is 0 Å². The summed E-state index contributed by atoms with van der Waals surface area (Å²) in [5.74, 6) is 2.00. The van der Waals surface area contributed by atoms with E-state index in [1.54, 1.807) is 0 Å². The minimum atomic E-state index is 0.324. The van der Waals surface area contributed by atoms with E-state index in [0.29, 0.717) is 16.8 Å². The van der Waals surface area contributed by atoms with Crippen molar-refractivity contribution in [3.05, 3.63) is 33.5 Å². The van der Waals surface area contributed by atoms with Gasteiger partial charge in [-0.3, -0.25) is 0 Å². The van der Waals surface area contributed by atoms with E-state index in [0.717, 1.165) is 28.1 Å². The summed E-state index contributed by atoms with van der Waals surface area (Å²) >= 11 is 9.69. The number of benzene rings is 1. The number of hydrogen-bond acceptors (Lipinski definition) is 2. The van der Waals surface area contributed by atoms with Gasteiger partial charge in [-0.25, -0.2) is 4.98 Å². The Balaban J connectivity index is 2.63. The van der Waals surface area contributed by atoms with Gasteiger partial charge in [0.25, 0.3) is 0 Å². The van der Waals surface area contributed by atoms with Crippen LogP contribution in [0.3, 0.4) is 0 Å². The molecule has 2 aromatic rings. The average molecular weight is 343 g/mol. The minimum absolute atomic E-state index is 0.324. The molecule has 5 heteroatoms. The maximum absolute atomic E-state index is 6.29.